The van der Waals surface area contributed by atoms with Gasteiger partial charge in [0.1, 0.15) is 5.38 Å². The highest BCUT2D eigenvalue weighted by Crippen LogP contribution is 2.25. The highest BCUT2D eigenvalue weighted by molar-refractivity contribution is 6.31. The number of alkyl halides is 1. The number of rotatable bonds is 4. The number of benzene rings is 2. The summed E-state index contributed by atoms with van der Waals surface area (Å²) in [6.07, 6.45) is 3.87. The van der Waals surface area contributed by atoms with Crippen LogP contribution in [0.3, 0.4) is 0 Å². The lowest BCUT2D eigenvalue weighted by Gasteiger charge is -2.11. The first kappa shape index (κ1) is 14.7. The van der Waals surface area contributed by atoms with E-state index >= 15 is 0 Å². The molecule has 0 amide bonds. The third kappa shape index (κ3) is 3.02. The molecular weight excluding hydrogens is 294 g/mol. The van der Waals surface area contributed by atoms with Gasteiger partial charge in [-0.2, -0.15) is 0 Å². The molecule has 0 N–H and O–H groups in total. The Hall–Kier alpha value is -2.19. The summed E-state index contributed by atoms with van der Waals surface area (Å²) in [5.74, 6) is 0.00910. The summed E-state index contributed by atoms with van der Waals surface area (Å²) in [5, 5.41) is 1.48. The topological polar surface area (TPSA) is 30.0 Å². The van der Waals surface area contributed by atoms with Gasteiger partial charge >= 0.3 is 0 Å². The Labute approximate surface area is 134 Å². The molecule has 1 aromatic heterocycles. The maximum Gasteiger partial charge on any atom is 0.159 e. The van der Waals surface area contributed by atoms with E-state index in [9.17, 15) is 4.79 Å². The van der Waals surface area contributed by atoms with Gasteiger partial charge in [-0.05, 0) is 29.5 Å². The van der Waals surface area contributed by atoms with E-state index in [0.717, 1.165) is 27.5 Å². The van der Waals surface area contributed by atoms with Crippen LogP contribution in [0.15, 0.2) is 60.9 Å². The second-order valence-corrected chi connectivity index (χ2v) is 5.87. The molecular formula is C19H16ClNO. The number of hydrogen-bond donors (Lipinski definition) is 0. The number of pyridine rings is 1. The van der Waals surface area contributed by atoms with Crippen LogP contribution in [0.4, 0.5) is 0 Å². The molecule has 0 spiro atoms. The molecule has 3 aromatic rings. The molecule has 1 heterocycles. The summed E-state index contributed by atoms with van der Waals surface area (Å²) < 4.78 is 0. The molecule has 1 atom stereocenters. The number of carbonyl (C=O) groups is 1. The van der Waals surface area contributed by atoms with E-state index in [1.54, 1.807) is 6.20 Å². The van der Waals surface area contributed by atoms with Gasteiger partial charge in [0, 0.05) is 24.2 Å². The summed E-state index contributed by atoms with van der Waals surface area (Å²) in [6, 6.07) is 15.6. The van der Waals surface area contributed by atoms with Crippen molar-refractivity contribution in [1.82, 2.24) is 4.98 Å². The minimum absolute atomic E-state index is 0.00910. The molecule has 3 heteroatoms. The highest BCUT2D eigenvalue weighted by Gasteiger charge is 2.18. The van der Waals surface area contributed by atoms with Crippen LogP contribution in [0.1, 0.15) is 22.1 Å². The number of Topliss-reactive ketones (excluding diaryl/α,β-unsaturated/α-hetero) is 1. The molecule has 2 nitrogen and oxygen atoms in total. The van der Waals surface area contributed by atoms with Crippen LogP contribution < -0.4 is 0 Å². The zero-order valence-corrected chi connectivity index (χ0v) is 13.0. The smallest absolute Gasteiger partial charge is 0.159 e. The quantitative estimate of drug-likeness (QED) is 0.657. The Morgan fingerprint density at radius 2 is 1.91 bits per heavy atom. The van der Waals surface area contributed by atoms with Gasteiger partial charge in [-0.1, -0.05) is 48.0 Å². The molecule has 110 valence electrons. The van der Waals surface area contributed by atoms with Gasteiger partial charge in [0.25, 0.3) is 0 Å². The van der Waals surface area contributed by atoms with Crippen molar-refractivity contribution in [3.8, 4) is 0 Å². The number of nitrogens with zero attached hydrogens (tertiary/aromatic N) is 1. The van der Waals surface area contributed by atoms with Gasteiger partial charge in [-0.3, -0.25) is 9.78 Å². The van der Waals surface area contributed by atoms with E-state index < -0.39 is 5.38 Å². The van der Waals surface area contributed by atoms with Gasteiger partial charge in [0.2, 0.25) is 0 Å². The van der Waals surface area contributed by atoms with Gasteiger partial charge < -0.3 is 0 Å². The third-order valence-electron chi connectivity index (χ3n) is 3.79. The Morgan fingerprint density at radius 1 is 1.14 bits per heavy atom. The maximum absolute atomic E-state index is 12.5. The molecule has 22 heavy (non-hydrogen) atoms. The van der Waals surface area contributed by atoms with Crippen LogP contribution in [0.5, 0.6) is 0 Å². The van der Waals surface area contributed by atoms with Crippen LogP contribution in [-0.4, -0.2) is 10.8 Å². The summed E-state index contributed by atoms with van der Waals surface area (Å²) >= 11 is 6.35. The zero-order chi connectivity index (χ0) is 15.5. The van der Waals surface area contributed by atoms with Crippen LogP contribution in [0.2, 0.25) is 0 Å². The number of halogens is 1. The average molecular weight is 310 g/mol. The van der Waals surface area contributed by atoms with Crippen molar-refractivity contribution in [3.63, 3.8) is 0 Å². The number of aromatic nitrogens is 1. The van der Waals surface area contributed by atoms with Gasteiger partial charge in [0.15, 0.2) is 5.78 Å². The first-order chi connectivity index (χ1) is 10.6. The molecule has 0 saturated heterocycles. The number of hydrogen-bond acceptors (Lipinski definition) is 2. The standard InChI is InChI=1S/C19H16ClNO/c1-13-5-7-14(8-6-13)19(20)18(22)11-15-3-2-4-16-12-21-10-9-17(15)16/h2-10,12,19H,11H2,1H3. The minimum Gasteiger partial charge on any atom is -0.297 e. The predicted octanol–water partition coefficient (Wildman–Crippen LogP) is 4.63. The lowest BCUT2D eigenvalue weighted by molar-refractivity contribution is -0.118. The first-order valence-corrected chi connectivity index (χ1v) is 7.64. The maximum atomic E-state index is 12.5. The Balaban J connectivity index is 1.85. The van der Waals surface area contributed by atoms with Crippen LogP contribution in [-0.2, 0) is 11.2 Å². The monoisotopic (exact) mass is 309 g/mol. The molecule has 0 aliphatic rings. The molecule has 1 unspecified atom stereocenters. The zero-order valence-electron chi connectivity index (χ0n) is 12.3. The molecule has 0 saturated carbocycles. The largest absolute Gasteiger partial charge is 0.297 e. The number of aryl methyl sites for hydroxylation is 1. The van der Waals surface area contributed by atoms with E-state index in [1.165, 1.54) is 0 Å². The van der Waals surface area contributed by atoms with Gasteiger partial charge in [-0.15, -0.1) is 11.6 Å². The predicted molar refractivity (Wildman–Crippen MR) is 90.2 cm³/mol. The number of carbonyl (C=O) groups excluding carboxylic acids is 1. The molecule has 0 fully saturated rings. The summed E-state index contributed by atoms with van der Waals surface area (Å²) in [7, 11) is 0. The van der Waals surface area contributed by atoms with Crippen molar-refractivity contribution in [2.24, 2.45) is 0 Å². The van der Waals surface area contributed by atoms with Crippen molar-refractivity contribution in [2.45, 2.75) is 18.7 Å². The van der Waals surface area contributed by atoms with E-state index in [0.29, 0.717) is 6.42 Å². The molecule has 3 rings (SSSR count). The van der Waals surface area contributed by atoms with E-state index in [1.807, 2.05) is 61.7 Å². The second-order valence-electron chi connectivity index (χ2n) is 5.43. The number of ketones is 1. The minimum atomic E-state index is -0.613. The molecule has 0 bridgehead atoms. The van der Waals surface area contributed by atoms with E-state index in [4.69, 9.17) is 11.6 Å². The van der Waals surface area contributed by atoms with Crippen molar-refractivity contribution in [3.05, 3.63) is 77.6 Å². The fourth-order valence-corrected chi connectivity index (χ4v) is 2.77. The summed E-state index contributed by atoms with van der Waals surface area (Å²) in [4.78, 5) is 16.6. The third-order valence-corrected chi connectivity index (χ3v) is 4.28. The first-order valence-electron chi connectivity index (χ1n) is 7.20. The average Bonchev–Trinajstić information content (AvgIpc) is 2.55. The van der Waals surface area contributed by atoms with E-state index in [2.05, 4.69) is 4.98 Å². The van der Waals surface area contributed by atoms with Crippen LogP contribution in [0, 0.1) is 6.92 Å². The van der Waals surface area contributed by atoms with Crippen LogP contribution >= 0.6 is 11.6 Å². The Morgan fingerprint density at radius 3 is 2.68 bits per heavy atom. The lowest BCUT2D eigenvalue weighted by atomic mass is 9.98. The number of fused-ring (bicyclic) bond motifs is 1. The summed E-state index contributed by atoms with van der Waals surface area (Å²) in [6.45, 7) is 2.01. The normalized spacial score (nSPS) is 12.3. The van der Waals surface area contributed by atoms with Crippen molar-refractivity contribution in [2.75, 3.05) is 0 Å². The molecule has 0 radical (unpaired) electrons. The van der Waals surface area contributed by atoms with Crippen molar-refractivity contribution < 1.29 is 4.79 Å². The van der Waals surface area contributed by atoms with Gasteiger partial charge in [0.05, 0.1) is 0 Å². The molecule has 0 aliphatic heterocycles. The van der Waals surface area contributed by atoms with Gasteiger partial charge in [-0.25, -0.2) is 0 Å². The SMILES string of the molecule is Cc1ccc(C(Cl)C(=O)Cc2cccc3cnccc23)cc1. The van der Waals surface area contributed by atoms with Crippen molar-refractivity contribution >= 4 is 28.2 Å². The van der Waals surface area contributed by atoms with E-state index in [-0.39, 0.29) is 5.78 Å². The highest BCUT2D eigenvalue weighted by atomic mass is 35.5. The Bertz CT molecular complexity index is 806. The Kier molecular flexibility index (Phi) is 4.21. The molecule has 2 aromatic carbocycles. The second kappa shape index (κ2) is 6.29. The van der Waals surface area contributed by atoms with Crippen LogP contribution in [0.25, 0.3) is 10.8 Å². The lowest BCUT2D eigenvalue weighted by Crippen LogP contribution is -2.10. The fraction of sp³-hybridized carbons (Fsp3) is 0.158. The fourth-order valence-electron chi connectivity index (χ4n) is 2.54. The molecule has 0 aliphatic carbocycles. The van der Waals surface area contributed by atoms with Crippen molar-refractivity contribution in [1.29, 1.82) is 0 Å². The summed E-state index contributed by atoms with van der Waals surface area (Å²) in [5.41, 5.74) is 2.99.